The van der Waals surface area contributed by atoms with Crippen molar-refractivity contribution >= 4 is 6.08 Å². The number of nitrogens with two attached hydrogens (primary N) is 1. The van der Waals surface area contributed by atoms with Gasteiger partial charge in [0.15, 0.2) is 0 Å². The average molecular weight is 177 g/mol. The fourth-order valence-corrected chi connectivity index (χ4v) is 0.882. The van der Waals surface area contributed by atoms with E-state index in [1.54, 1.807) is 0 Å². The maximum Gasteiger partial charge on any atom is 0.0110 e. The molecule has 0 radical (unpaired) electrons. The summed E-state index contributed by atoms with van der Waals surface area (Å²) in [4.78, 5) is 0. The molecule has 1 nitrogen and oxygen atoms in total. The van der Waals surface area contributed by atoms with E-state index in [0.717, 1.165) is 0 Å². The van der Waals surface area contributed by atoms with Crippen molar-refractivity contribution in [1.29, 1.82) is 0 Å². The van der Waals surface area contributed by atoms with E-state index in [1.165, 1.54) is 11.1 Å². The molecule has 1 aromatic rings. The van der Waals surface area contributed by atoms with E-state index in [0.29, 0.717) is 6.54 Å². The molecule has 1 heteroatoms. The monoisotopic (exact) mass is 177 g/mol. The fraction of sp³-hybridized carbons (Fsp3) is 0.333. The van der Waals surface area contributed by atoms with E-state index in [1.807, 2.05) is 26.0 Å². The first-order valence-corrected chi connectivity index (χ1v) is 4.76. The van der Waals surface area contributed by atoms with Crippen molar-refractivity contribution in [2.45, 2.75) is 20.8 Å². The molecule has 0 fully saturated rings. The van der Waals surface area contributed by atoms with Crippen LogP contribution in [-0.2, 0) is 0 Å². The van der Waals surface area contributed by atoms with Crippen molar-refractivity contribution in [1.82, 2.24) is 0 Å². The molecule has 0 bridgehead atoms. The minimum Gasteiger partial charge on any atom is -0.327 e. The van der Waals surface area contributed by atoms with Crippen LogP contribution in [0.3, 0.4) is 0 Å². The highest BCUT2D eigenvalue weighted by atomic mass is 14.5. The molecule has 0 aliphatic rings. The third kappa shape index (κ3) is 5.21. The van der Waals surface area contributed by atoms with E-state index >= 15 is 0 Å². The van der Waals surface area contributed by atoms with Gasteiger partial charge in [-0.1, -0.05) is 55.8 Å². The predicted octanol–water partition coefficient (Wildman–Crippen LogP) is 2.99. The van der Waals surface area contributed by atoms with Crippen LogP contribution in [0.1, 0.15) is 25.0 Å². The minimum atomic E-state index is 0.605. The molecule has 72 valence electrons. The zero-order valence-electron chi connectivity index (χ0n) is 8.75. The van der Waals surface area contributed by atoms with Crippen molar-refractivity contribution in [2.24, 2.45) is 5.73 Å². The molecule has 0 saturated heterocycles. The van der Waals surface area contributed by atoms with E-state index in [9.17, 15) is 0 Å². The van der Waals surface area contributed by atoms with Gasteiger partial charge in [-0.25, -0.2) is 0 Å². The topological polar surface area (TPSA) is 26.0 Å². The maximum atomic E-state index is 5.32. The Morgan fingerprint density at radius 1 is 1.15 bits per heavy atom. The summed E-state index contributed by atoms with van der Waals surface area (Å²) >= 11 is 0. The highest BCUT2D eigenvalue weighted by Crippen LogP contribution is 2.04. The smallest absolute Gasteiger partial charge is 0.0110 e. The van der Waals surface area contributed by atoms with Crippen molar-refractivity contribution in [3.8, 4) is 0 Å². The van der Waals surface area contributed by atoms with E-state index in [2.05, 4.69) is 31.2 Å². The number of rotatable bonds is 2. The Labute approximate surface area is 81.3 Å². The van der Waals surface area contributed by atoms with Crippen LogP contribution in [0.25, 0.3) is 6.08 Å². The lowest BCUT2D eigenvalue weighted by Crippen LogP contribution is -1.91. The first kappa shape index (κ1) is 11.9. The van der Waals surface area contributed by atoms with E-state index < -0.39 is 0 Å². The Morgan fingerprint density at radius 3 is 2.15 bits per heavy atom. The predicted molar refractivity (Wildman–Crippen MR) is 60.6 cm³/mol. The summed E-state index contributed by atoms with van der Waals surface area (Å²) in [6, 6.07) is 8.36. The highest BCUT2D eigenvalue weighted by Gasteiger charge is 1.84. The third-order valence-electron chi connectivity index (χ3n) is 1.52. The maximum absolute atomic E-state index is 5.32. The molecule has 0 aliphatic heterocycles. The molecule has 0 amide bonds. The lowest BCUT2D eigenvalue weighted by molar-refractivity contribution is 1.26. The largest absolute Gasteiger partial charge is 0.327 e. The first-order valence-electron chi connectivity index (χ1n) is 4.76. The first-order chi connectivity index (χ1) is 6.33. The second-order valence-electron chi connectivity index (χ2n) is 2.55. The van der Waals surface area contributed by atoms with E-state index in [4.69, 9.17) is 5.73 Å². The Morgan fingerprint density at radius 2 is 1.69 bits per heavy atom. The molecule has 2 N–H and O–H groups in total. The second-order valence-corrected chi connectivity index (χ2v) is 2.55. The minimum absolute atomic E-state index is 0.605. The zero-order chi connectivity index (χ0) is 10.1. The van der Waals surface area contributed by atoms with Gasteiger partial charge in [-0.05, 0) is 12.5 Å². The van der Waals surface area contributed by atoms with Crippen LogP contribution >= 0.6 is 0 Å². The Kier molecular flexibility index (Phi) is 6.93. The van der Waals surface area contributed by atoms with Crippen LogP contribution in [0.5, 0.6) is 0 Å². The average Bonchev–Trinajstić information content (AvgIpc) is 2.20. The van der Waals surface area contributed by atoms with Crippen LogP contribution < -0.4 is 5.73 Å². The summed E-state index contributed by atoms with van der Waals surface area (Å²) in [5, 5.41) is 0. The van der Waals surface area contributed by atoms with Gasteiger partial charge in [-0.2, -0.15) is 0 Å². The summed E-state index contributed by atoms with van der Waals surface area (Å²) in [5.41, 5.74) is 7.82. The second kappa shape index (κ2) is 7.56. The molecular formula is C12H19N. The molecule has 0 aliphatic carbocycles. The van der Waals surface area contributed by atoms with Gasteiger partial charge < -0.3 is 5.73 Å². The highest BCUT2D eigenvalue weighted by molar-refractivity contribution is 5.49. The summed E-state index contributed by atoms with van der Waals surface area (Å²) in [6.45, 7) is 6.68. The fourth-order valence-electron chi connectivity index (χ4n) is 0.882. The van der Waals surface area contributed by atoms with Crippen molar-refractivity contribution in [3.63, 3.8) is 0 Å². The molecule has 0 saturated carbocycles. The van der Waals surface area contributed by atoms with Gasteiger partial charge in [0, 0.05) is 6.54 Å². The van der Waals surface area contributed by atoms with Crippen molar-refractivity contribution in [2.75, 3.05) is 6.54 Å². The molecule has 1 rings (SSSR count). The molecular weight excluding hydrogens is 158 g/mol. The molecule has 13 heavy (non-hydrogen) atoms. The van der Waals surface area contributed by atoms with Gasteiger partial charge in [0.1, 0.15) is 0 Å². The lowest BCUT2D eigenvalue weighted by atomic mass is 10.1. The molecule has 0 aromatic heterocycles. The van der Waals surface area contributed by atoms with Gasteiger partial charge in [0.05, 0.1) is 0 Å². The van der Waals surface area contributed by atoms with Gasteiger partial charge in [-0.15, -0.1) is 0 Å². The number of benzene rings is 1. The standard InChI is InChI=1S/C10H13N.C2H6/c1-9-4-6-10(7-5-9)3-2-8-11;1-2/h2-7H,8,11H2,1H3;1-2H3/b3-2-;. The number of hydrogen-bond acceptors (Lipinski definition) is 1. The normalized spacial score (nSPS) is 9.54. The van der Waals surface area contributed by atoms with Crippen molar-refractivity contribution in [3.05, 3.63) is 41.5 Å². The van der Waals surface area contributed by atoms with Gasteiger partial charge in [0.25, 0.3) is 0 Å². The van der Waals surface area contributed by atoms with Gasteiger partial charge >= 0.3 is 0 Å². The molecule has 1 aromatic carbocycles. The summed E-state index contributed by atoms with van der Waals surface area (Å²) in [6.07, 6.45) is 3.98. The summed E-state index contributed by atoms with van der Waals surface area (Å²) in [7, 11) is 0. The molecule has 0 atom stereocenters. The Bertz CT molecular complexity index is 234. The van der Waals surface area contributed by atoms with Crippen LogP contribution in [0.15, 0.2) is 30.3 Å². The molecule has 0 unspecified atom stereocenters. The van der Waals surface area contributed by atoms with Crippen LogP contribution in [0, 0.1) is 6.92 Å². The van der Waals surface area contributed by atoms with E-state index in [-0.39, 0.29) is 0 Å². The van der Waals surface area contributed by atoms with Gasteiger partial charge in [0.2, 0.25) is 0 Å². The number of hydrogen-bond donors (Lipinski definition) is 1. The Hall–Kier alpha value is -1.08. The third-order valence-corrected chi connectivity index (χ3v) is 1.52. The number of aryl methyl sites for hydroxylation is 1. The van der Waals surface area contributed by atoms with Crippen LogP contribution in [0.4, 0.5) is 0 Å². The molecule has 0 spiro atoms. The Balaban J connectivity index is 0.000000671. The summed E-state index contributed by atoms with van der Waals surface area (Å²) < 4.78 is 0. The SMILES string of the molecule is CC.Cc1ccc(/C=C\CN)cc1. The lowest BCUT2D eigenvalue weighted by Gasteiger charge is -1.93. The van der Waals surface area contributed by atoms with Crippen molar-refractivity contribution < 1.29 is 0 Å². The summed E-state index contributed by atoms with van der Waals surface area (Å²) in [5.74, 6) is 0. The quantitative estimate of drug-likeness (QED) is 0.738. The molecule has 0 heterocycles. The van der Waals surface area contributed by atoms with Crippen LogP contribution in [-0.4, -0.2) is 6.54 Å². The van der Waals surface area contributed by atoms with Crippen LogP contribution in [0.2, 0.25) is 0 Å². The zero-order valence-corrected chi connectivity index (χ0v) is 8.75. The van der Waals surface area contributed by atoms with Gasteiger partial charge in [-0.3, -0.25) is 0 Å².